The number of amides is 1. The Bertz CT molecular complexity index is 922. The zero-order chi connectivity index (χ0) is 18.9. The van der Waals surface area contributed by atoms with Gasteiger partial charge in [0.25, 0.3) is 0 Å². The molecule has 1 heterocycles. The summed E-state index contributed by atoms with van der Waals surface area (Å²) >= 11 is 0. The smallest absolute Gasteiger partial charge is 0.240 e. The van der Waals surface area contributed by atoms with Crippen molar-refractivity contribution >= 4 is 21.6 Å². The van der Waals surface area contributed by atoms with Crippen LogP contribution in [0.5, 0.6) is 0 Å². The Morgan fingerprint density at radius 2 is 1.73 bits per heavy atom. The molecule has 0 saturated heterocycles. The second kappa shape index (κ2) is 7.19. The molecule has 2 aromatic rings. The van der Waals surface area contributed by atoms with Crippen LogP contribution in [0.25, 0.3) is 0 Å². The van der Waals surface area contributed by atoms with E-state index in [1.807, 2.05) is 24.3 Å². The third-order valence-electron chi connectivity index (χ3n) is 4.50. The topological polar surface area (TPSA) is 79.7 Å². The number of hydrogen-bond donors (Lipinski definition) is 3. The Morgan fingerprint density at radius 3 is 2.38 bits per heavy atom. The molecule has 0 spiro atoms. The maximum atomic E-state index is 12.6. The lowest BCUT2D eigenvalue weighted by molar-refractivity contribution is -0.872. The summed E-state index contributed by atoms with van der Waals surface area (Å²) in [4.78, 5) is 13.2. The van der Waals surface area contributed by atoms with E-state index in [0.717, 1.165) is 12.1 Å². The average Bonchev–Trinajstić information content (AvgIpc) is 2.88. The molecule has 0 saturated carbocycles. The van der Waals surface area contributed by atoms with Gasteiger partial charge >= 0.3 is 0 Å². The Hall–Kier alpha value is -2.22. The Kier molecular flexibility index (Phi) is 5.13. The van der Waals surface area contributed by atoms with Gasteiger partial charge in [0.1, 0.15) is 6.54 Å². The predicted molar refractivity (Wildman–Crippen MR) is 100 cm³/mol. The number of rotatable bonds is 6. The summed E-state index contributed by atoms with van der Waals surface area (Å²) in [6, 6.07) is 12.6. The van der Waals surface area contributed by atoms with Crippen LogP contribution in [0.15, 0.2) is 47.4 Å². The van der Waals surface area contributed by atoms with E-state index in [1.165, 1.54) is 16.5 Å². The van der Waals surface area contributed by atoms with Crippen LogP contribution in [0, 0.1) is 0 Å². The predicted octanol–water partition coefficient (Wildman–Crippen LogP) is 0.865. The van der Waals surface area contributed by atoms with Gasteiger partial charge in [-0.05, 0) is 36.2 Å². The van der Waals surface area contributed by atoms with Gasteiger partial charge in [0.05, 0.1) is 24.9 Å². The van der Waals surface area contributed by atoms with Gasteiger partial charge in [-0.2, -0.15) is 0 Å². The minimum absolute atomic E-state index is 0.109. The fraction of sp³-hybridized carbons (Fsp3) is 0.316. The lowest BCUT2D eigenvalue weighted by atomic mass is 10.0. The standard InChI is InChI=1S/C19H23N3O3S/c1-13-17-10-16(8-9-18(17)21-19(13)23)26(24,25)20-11-14-4-6-15(7-5-14)12-22(2)3/h4-10,13,20H,11-12H2,1-3H3,(H,21,23)/p+1/t13-/m0/s1. The van der Waals surface area contributed by atoms with Crippen LogP contribution in [-0.4, -0.2) is 28.4 Å². The number of benzene rings is 2. The lowest BCUT2D eigenvalue weighted by Crippen LogP contribution is -3.04. The Labute approximate surface area is 154 Å². The van der Waals surface area contributed by atoms with Crippen molar-refractivity contribution in [3.05, 3.63) is 59.2 Å². The number of fused-ring (bicyclic) bond motifs is 1. The first-order valence-electron chi connectivity index (χ1n) is 8.57. The highest BCUT2D eigenvalue weighted by atomic mass is 32.2. The monoisotopic (exact) mass is 374 g/mol. The summed E-state index contributed by atoms with van der Waals surface area (Å²) < 4.78 is 27.8. The minimum atomic E-state index is -3.64. The maximum absolute atomic E-state index is 12.6. The number of sulfonamides is 1. The van der Waals surface area contributed by atoms with Gasteiger partial charge in [0.15, 0.2) is 0 Å². The third kappa shape index (κ3) is 3.95. The summed E-state index contributed by atoms with van der Waals surface area (Å²) in [6.07, 6.45) is 0. The molecule has 0 radical (unpaired) electrons. The zero-order valence-electron chi connectivity index (χ0n) is 15.2. The first-order chi connectivity index (χ1) is 12.3. The molecule has 6 nitrogen and oxygen atoms in total. The molecule has 1 aliphatic rings. The van der Waals surface area contributed by atoms with Crippen LogP contribution in [0.2, 0.25) is 0 Å². The molecule has 7 heteroatoms. The molecule has 0 bridgehead atoms. The van der Waals surface area contributed by atoms with Crippen molar-refractivity contribution in [2.45, 2.75) is 30.8 Å². The van der Waals surface area contributed by atoms with Crippen LogP contribution in [0.4, 0.5) is 5.69 Å². The molecule has 138 valence electrons. The molecule has 3 N–H and O–H groups in total. The van der Waals surface area contributed by atoms with Gasteiger partial charge in [0.2, 0.25) is 15.9 Å². The number of anilines is 1. The highest BCUT2D eigenvalue weighted by Gasteiger charge is 2.28. The molecule has 0 unspecified atom stereocenters. The highest BCUT2D eigenvalue weighted by Crippen LogP contribution is 2.33. The second-order valence-electron chi connectivity index (χ2n) is 6.98. The molecule has 0 aromatic heterocycles. The van der Waals surface area contributed by atoms with E-state index in [0.29, 0.717) is 11.3 Å². The third-order valence-corrected chi connectivity index (χ3v) is 5.90. The van der Waals surface area contributed by atoms with Crippen LogP contribution < -0.4 is 14.9 Å². The molecule has 26 heavy (non-hydrogen) atoms. The van der Waals surface area contributed by atoms with Crippen molar-refractivity contribution in [2.75, 3.05) is 19.4 Å². The fourth-order valence-corrected chi connectivity index (χ4v) is 4.06. The van der Waals surface area contributed by atoms with E-state index in [4.69, 9.17) is 0 Å². The quantitative estimate of drug-likeness (QED) is 0.702. The molecular formula is C19H24N3O3S+. The number of carbonyl (C=O) groups is 1. The largest absolute Gasteiger partial charge is 0.336 e. The average molecular weight is 374 g/mol. The summed E-state index contributed by atoms with van der Waals surface area (Å²) in [5, 5.41) is 2.75. The zero-order valence-corrected chi connectivity index (χ0v) is 16.0. The molecule has 3 rings (SSSR count). The van der Waals surface area contributed by atoms with Gasteiger partial charge in [0, 0.05) is 17.8 Å². The van der Waals surface area contributed by atoms with Gasteiger partial charge < -0.3 is 10.2 Å². The van der Waals surface area contributed by atoms with Crippen molar-refractivity contribution in [1.82, 2.24) is 4.72 Å². The van der Waals surface area contributed by atoms with Crippen molar-refractivity contribution in [3.8, 4) is 0 Å². The van der Waals surface area contributed by atoms with Crippen molar-refractivity contribution in [1.29, 1.82) is 0 Å². The molecule has 1 atom stereocenters. The molecule has 1 amide bonds. The van der Waals surface area contributed by atoms with Gasteiger partial charge in [-0.1, -0.05) is 24.3 Å². The van der Waals surface area contributed by atoms with E-state index < -0.39 is 10.0 Å². The first-order valence-corrected chi connectivity index (χ1v) is 10.1. The number of hydrogen-bond acceptors (Lipinski definition) is 3. The molecule has 0 fully saturated rings. The Balaban J connectivity index is 1.71. The Morgan fingerprint density at radius 1 is 1.08 bits per heavy atom. The van der Waals surface area contributed by atoms with Gasteiger partial charge in [-0.25, -0.2) is 13.1 Å². The van der Waals surface area contributed by atoms with E-state index in [1.54, 1.807) is 19.1 Å². The lowest BCUT2D eigenvalue weighted by Gasteiger charge is -2.10. The van der Waals surface area contributed by atoms with Crippen LogP contribution in [0.3, 0.4) is 0 Å². The second-order valence-corrected chi connectivity index (χ2v) is 8.75. The summed E-state index contributed by atoms with van der Waals surface area (Å²) in [6.45, 7) is 2.91. The number of carbonyl (C=O) groups excluding carboxylic acids is 1. The fourth-order valence-electron chi connectivity index (χ4n) is 3.01. The maximum Gasteiger partial charge on any atom is 0.240 e. The van der Waals surface area contributed by atoms with Gasteiger partial charge in [-0.3, -0.25) is 4.79 Å². The molecular weight excluding hydrogens is 350 g/mol. The van der Waals surface area contributed by atoms with Crippen LogP contribution in [0.1, 0.15) is 29.5 Å². The highest BCUT2D eigenvalue weighted by molar-refractivity contribution is 7.89. The van der Waals surface area contributed by atoms with E-state index >= 15 is 0 Å². The molecule has 0 aliphatic carbocycles. The SMILES string of the molecule is C[C@@H]1C(=O)Nc2ccc(S(=O)(=O)NCc3ccc(C[NH+](C)C)cc3)cc21. The van der Waals surface area contributed by atoms with E-state index in [2.05, 4.69) is 24.1 Å². The minimum Gasteiger partial charge on any atom is -0.336 e. The van der Waals surface area contributed by atoms with E-state index in [-0.39, 0.29) is 23.3 Å². The summed E-state index contributed by atoms with van der Waals surface area (Å²) in [5.74, 6) is -0.450. The van der Waals surface area contributed by atoms with Crippen LogP contribution >= 0.6 is 0 Å². The van der Waals surface area contributed by atoms with Crippen LogP contribution in [-0.2, 0) is 27.9 Å². The van der Waals surface area contributed by atoms with Crippen molar-refractivity contribution in [2.24, 2.45) is 0 Å². The molecule has 1 aliphatic heterocycles. The summed E-state index contributed by atoms with van der Waals surface area (Å²) in [7, 11) is 0.529. The van der Waals surface area contributed by atoms with Crippen molar-refractivity contribution in [3.63, 3.8) is 0 Å². The summed E-state index contributed by atoms with van der Waals surface area (Å²) in [5.41, 5.74) is 3.51. The first kappa shape index (κ1) is 18.6. The van der Waals surface area contributed by atoms with E-state index in [9.17, 15) is 13.2 Å². The van der Waals surface area contributed by atoms with Crippen molar-refractivity contribution < 1.29 is 18.1 Å². The number of nitrogens with one attached hydrogen (secondary N) is 3. The molecule has 2 aromatic carbocycles. The van der Waals surface area contributed by atoms with Gasteiger partial charge in [-0.15, -0.1) is 0 Å². The normalized spacial score (nSPS) is 16.6. The number of quaternary nitrogens is 1.